The first-order valence-corrected chi connectivity index (χ1v) is 3.90. The van der Waals surface area contributed by atoms with Crippen LogP contribution in [0.4, 0.5) is 0 Å². The molecule has 0 aromatic rings. The van der Waals surface area contributed by atoms with Crippen LogP contribution in [0.3, 0.4) is 0 Å². The third-order valence-electron chi connectivity index (χ3n) is 1.76. The molecule has 3 N–H and O–H groups in total. The first-order valence-electron chi connectivity index (χ1n) is 3.90. The molecule has 0 fully saturated rings. The van der Waals surface area contributed by atoms with Gasteiger partial charge in [0.15, 0.2) is 0 Å². The van der Waals surface area contributed by atoms with Crippen molar-refractivity contribution >= 4 is 12.4 Å². The second-order valence-electron chi connectivity index (χ2n) is 2.77. The predicted octanol–water partition coefficient (Wildman–Crippen LogP) is 1.45. The number of hydrogen-bond acceptors (Lipinski definition) is 3. The van der Waals surface area contributed by atoms with Gasteiger partial charge in [-0.1, -0.05) is 6.92 Å². The summed E-state index contributed by atoms with van der Waals surface area (Å²) in [6, 6.07) is 0. The summed E-state index contributed by atoms with van der Waals surface area (Å²) in [4.78, 5) is 0. The Morgan fingerprint density at radius 2 is 2.09 bits per heavy atom. The highest BCUT2D eigenvalue weighted by Gasteiger charge is 2.09. The fraction of sp³-hybridized carbons (Fsp3) is 0.750. The van der Waals surface area contributed by atoms with Gasteiger partial charge in [0.05, 0.1) is 6.10 Å². The molecule has 3 heteroatoms. The Labute approximate surface area is 67.5 Å². The van der Waals surface area contributed by atoms with Crippen molar-refractivity contribution in [1.82, 2.24) is 0 Å². The van der Waals surface area contributed by atoms with Crippen LogP contribution in [0.25, 0.3) is 0 Å². The molecular weight excluding hydrogens is 140 g/mol. The summed E-state index contributed by atoms with van der Waals surface area (Å²) in [5.41, 5.74) is 0. The molecule has 0 heterocycles. The third-order valence-corrected chi connectivity index (χ3v) is 1.76. The van der Waals surface area contributed by atoms with Gasteiger partial charge in [-0.3, -0.25) is 0 Å². The maximum absolute atomic E-state index is 9.13. The van der Waals surface area contributed by atoms with Gasteiger partial charge in [0.1, 0.15) is 0 Å². The minimum absolute atomic E-state index is 0.146. The summed E-state index contributed by atoms with van der Waals surface area (Å²) in [7, 11) is 0. The van der Waals surface area contributed by atoms with Crippen molar-refractivity contribution in [3.05, 3.63) is 0 Å². The SMILES string of the molecule is CC(CCCC=N)C(O)C=N. The lowest BCUT2D eigenvalue weighted by Crippen LogP contribution is -2.18. The number of hydrogen-bond donors (Lipinski definition) is 3. The molecule has 0 spiro atoms. The van der Waals surface area contributed by atoms with Crippen LogP contribution in [0.5, 0.6) is 0 Å². The van der Waals surface area contributed by atoms with Crippen molar-refractivity contribution < 1.29 is 5.11 Å². The fourth-order valence-electron chi connectivity index (χ4n) is 0.877. The molecule has 0 aromatic heterocycles. The first kappa shape index (κ1) is 10.3. The normalized spacial score (nSPS) is 15.5. The van der Waals surface area contributed by atoms with Crippen LogP contribution < -0.4 is 0 Å². The highest BCUT2D eigenvalue weighted by Crippen LogP contribution is 2.10. The second-order valence-corrected chi connectivity index (χ2v) is 2.77. The molecule has 11 heavy (non-hydrogen) atoms. The van der Waals surface area contributed by atoms with Gasteiger partial charge in [-0.15, -0.1) is 0 Å². The average Bonchev–Trinajstić information content (AvgIpc) is 2.03. The number of aliphatic hydroxyl groups is 1. The molecule has 0 radical (unpaired) electrons. The number of nitrogens with one attached hydrogen (secondary N) is 2. The minimum atomic E-state index is -0.610. The lowest BCUT2D eigenvalue weighted by molar-refractivity contribution is 0.177. The van der Waals surface area contributed by atoms with Crippen LogP contribution >= 0.6 is 0 Å². The molecule has 0 aliphatic carbocycles. The Morgan fingerprint density at radius 1 is 1.45 bits per heavy atom. The zero-order valence-corrected chi connectivity index (χ0v) is 6.88. The van der Waals surface area contributed by atoms with E-state index in [-0.39, 0.29) is 5.92 Å². The molecule has 0 saturated carbocycles. The fourth-order valence-corrected chi connectivity index (χ4v) is 0.877. The molecule has 64 valence electrons. The first-order chi connectivity index (χ1) is 5.22. The van der Waals surface area contributed by atoms with Gasteiger partial charge >= 0.3 is 0 Å². The monoisotopic (exact) mass is 156 g/mol. The van der Waals surface area contributed by atoms with Gasteiger partial charge in [0, 0.05) is 6.21 Å². The number of aliphatic hydroxyl groups excluding tert-OH is 1. The molecule has 2 atom stereocenters. The van der Waals surface area contributed by atoms with Crippen LogP contribution in [0.2, 0.25) is 0 Å². The van der Waals surface area contributed by atoms with E-state index in [0.29, 0.717) is 0 Å². The standard InChI is InChI=1S/C8H16N2O/c1-7(8(11)6-10)4-2-3-5-9/h5-11H,2-4H2,1H3. The second kappa shape index (κ2) is 6.04. The van der Waals surface area contributed by atoms with Crippen molar-refractivity contribution in [2.75, 3.05) is 0 Å². The molecule has 3 nitrogen and oxygen atoms in total. The summed E-state index contributed by atoms with van der Waals surface area (Å²) >= 11 is 0. The lowest BCUT2D eigenvalue weighted by Gasteiger charge is -2.12. The van der Waals surface area contributed by atoms with Crippen molar-refractivity contribution in [2.24, 2.45) is 5.92 Å². The van der Waals surface area contributed by atoms with Crippen LogP contribution in [-0.4, -0.2) is 23.6 Å². The van der Waals surface area contributed by atoms with Crippen LogP contribution in [0.1, 0.15) is 26.2 Å². The van der Waals surface area contributed by atoms with E-state index >= 15 is 0 Å². The highest BCUT2D eigenvalue weighted by molar-refractivity contribution is 5.59. The topological polar surface area (TPSA) is 67.9 Å². The van der Waals surface area contributed by atoms with Crippen molar-refractivity contribution in [3.63, 3.8) is 0 Å². The van der Waals surface area contributed by atoms with Gasteiger partial charge in [0.25, 0.3) is 0 Å². The Morgan fingerprint density at radius 3 is 2.55 bits per heavy atom. The van der Waals surface area contributed by atoms with Crippen LogP contribution in [-0.2, 0) is 0 Å². The van der Waals surface area contributed by atoms with Crippen molar-refractivity contribution in [2.45, 2.75) is 32.3 Å². The van der Waals surface area contributed by atoms with Gasteiger partial charge in [0.2, 0.25) is 0 Å². The zero-order chi connectivity index (χ0) is 8.69. The maximum atomic E-state index is 9.13. The van der Waals surface area contributed by atoms with Crippen LogP contribution in [0, 0.1) is 16.7 Å². The van der Waals surface area contributed by atoms with E-state index in [4.69, 9.17) is 15.9 Å². The quantitative estimate of drug-likeness (QED) is 0.395. The molecule has 2 unspecified atom stereocenters. The minimum Gasteiger partial charge on any atom is -0.387 e. The van der Waals surface area contributed by atoms with E-state index in [9.17, 15) is 0 Å². The number of unbranched alkanes of at least 4 members (excludes halogenated alkanes) is 1. The summed E-state index contributed by atoms with van der Waals surface area (Å²) in [6.45, 7) is 1.92. The Bertz CT molecular complexity index is 125. The van der Waals surface area contributed by atoms with Gasteiger partial charge in [-0.05, 0) is 31.4 Å². The Balaban J connectivity index is 3.42. The molecule has 0 rings (SSSR count). The van der Waals surface area contributed by atoms with E-state index in [1.165, 1.54) is 6.21 Å². The molecule has 0 aromatic carbocycles. The van der Waals surface area contributed by atoms with Gasteiger partial charge in [-0.2, -0.15) is 0 Å². The molecule has 0 amide bonds. The molecule has 0 aliphatic rings. The van der Waals surface area contributed by atoms with Crippen molar-refractivity contribution in [3.8, 4) is 0 Å². The molecule has 0 aliphatic heterocycles. The summed E-state index contributed by atoms with van der Waals surface area (Å²) in [5.74, 6) is 0.146. The Kier molecular flexibility index (Phi) is 5.65. The smallest absolute Gasteiger partial charge is 0.0909 e. The summed E-state index contributed by atoms with van der Waals surface area (Å²) in [5, 5.41) is 22.7. The predicted molar refractivity (Wildman–Crippen MR) is 46.6 cm³/mol. The largest absolute Gasteiger partial charge is 0.387 e. The van der Waals surface area contributed by atoms with Gasteiger partial charge in [-0.25, -0.2) is 0 Å². The van der Waals surface area contributed by atoms with E-state index < -0.39 is 6.10 Å². The third kappa shape index (κ3) is 4.67. The maximum Gasteiger partial charge on any atom is 0.0909 e. The molecular formula is C8H16N2O. The highest BCUT2D eigenvalue weighted by atomic mass is 16.3. The van der Waals surface area contributed by atoms with E-state index in [1.54, 1.807) is 0 Å². The Hall–Kier alpha value is -0.700. The van der Waals surface area contributed by atoms with Crippen molar-refractivity contribution in [1.29, 1.82) is 10.8 Å². The molecule has 0 bridgehead atoms. The van der Waals surface area contributed by atoms with E-state index in [1.807, 2.05) is 6.92 Å². The van der Waals surface area contributed by atoms with Crippen LogP contribution in [0.15, 0.2) is 0 Å². The van der Waals surface area contributed by atoms with Gasteiger partial charge < -0.3 is 15.9 Å². The average molecular weight is 156 g/mol. The number of rotatable bonds is 6. The van der Waals surface area contributed by atoms with E-state index in [2.05, 4.69) is 0 Å². The summed E-state index contributed by atoms with van der Waals surface area (Å²) in [6.07, 6.45) is 4.41. The van der Waals surface area contributed by atoms with E-state index in [0.717, 1.165) is 25.5 Å². The zero-order valence-electron chi connectivity index (χ0n) is 6.88. The summed E-state index contributed by atoms with van der Waals surface area (Å²) < 4.78 is 0. The molecule has 0 saturated heterocycles. The lowest BCUT2D eigenvalue weighted by atomic mass is 9.99.